The lowest BCUT2D eigenvalue weighted by Gasteiger charge is -2.02. The van der Waals surface area contributed by atoms with E-state index in [9.17, 15) is 0 Å². The number of nitrogen functional groups attached to an aromatic ring is 1. The van der Waals surface area contributed by atoms with E-state index in [4.69, 9.17) is 5.73 Å². The van der Waals surface area contributed by atoms with Gasteiger partial charge in [-0.1, -0.05) is 36.4 Å². The molecule has 0 amide bonds. The summed E-state index contributed by atoms with van der Waals surface area (Å²) in [6.07, 6.45) is 0. The van der Waals surface area contributed by atoms with Crippen molar-refractivity contribution < 1.29 is 0 Å². The molecule has 0 aliphatic carbocycles. The zero-order valence-corrected chi connectivity index (χ0v) is 9.67. The van der Waals surface area contributed by atoms with E-state index in [1.54, 1.807) is 0 Å². The zero-order valence-electron chi connectivity index (χ0n) is 9.67. The summed E-state index contributed by atoms with van der Waals surface area (Å²) in [6, 6.07) is 14.5. The molecule has 0 spiro atoms. The van der Waals surface area contributed by atoms with Gasteiger partial charge in [0, 0.05) is 0 Å². The molecule has 0 aliphatic heterocycles. The van der Waals surface area contributed by atoms with Crippen molar-refractivity contribution in [3.63, 3.8) is 0 Å². The minimum atomic E-state index is 0.285. The molecule has 18 heavy (non-hydrogen) atoms. The minimum absolute atomic E-state index is 0.285. The molecule has 0 atom stereocenters. The highest BCUT2D eigenvalue weighted by atomic mass is 15.3. The van der Waals surface area contributed by atoms with Gasteiger partial charge in [0.2, 0.25) is 5.95 Å². The molecule has 3 N–H and O–H groups in total. The monoisotopic (exact) mass is 238 g/mol. The van der Waals surface area contributed by atoms with Gasteiger partial charge in [-0.3, -0.25) is 0 Å². The number of hydrogen-bond acceptors (Lipinski definition) is 3. The number of nitrogens with one attached hydrogen (secondary N) is 1. The van der Waals surface area contributed by atoms with Crippen LogP contribution in [-0.2, 0) is 6.54 Å². The molecule has 0 fully saturated rings. The Morgan fingerprint density at radius 1 is 1.11 bits per heavy atom. The van der Waals surface area contributed by atoms with Gasteiger partial charge in [-0.25, -0.2) is 10.4 Å². The molecule has 5 heteroatoms. The third kappa shape index (κ3) is 2.10. The van der Waals surface area contributed by atoms with Crippen LogP contribution in [-0.4, -0.2) is 15.2 Å². The number of H-pyrrole nitrogens is 1. The lowest BCUT2D eigenvalue weighted by molar-refractivity contribution is 0.813. The number of aromatic nitrogens is 3. The molecule has 1 aromatic heterocycles. The normalized spacial score (nSPS) is 10.7. The summed E-state index contributed by atoms with van der Waals surface area (Å²) in [4.78, 5) is 3.93. The first-order valence-electron chi connectivity index (χ1n) is 5.64. The average Bonchev–Trinajstić information content (AvgIpc) is 2.82. The molecule has 2 aromatic carbocycles. The molecule has 3 rings (SSSR count). The summed E-state index contributed by atoms with van der Waals surface area (Å²) in [6.45, 7) is 0.544. The van der Waals surface area contributed by atoms with Gasteiger partial charge in [0.25, 0.3) is 5.95 Å². The van der Waals surface area contributed by atoms with Gasteiger partial charge in [-0.2, -0.15) is 4.98 Å². The van der Waals surface area contributed by atoms with Crippen molar-refractivity contribution in [2.45, 2.75) is 6.54 Å². The molecule has 0 unspecified atom stereocenters. The molecule has 3 aromatic rings. The van der Waals surface area contributed by atoms with Crippen molar-refractivity contribution in [1.29, 1.82) is 0 Å². The van der Waals surface area contributed by atoms with Crippen LogP contribution in [0.15, 0.2) is 42.5 Å². The molecule has 89 valence electrons. The second-order valence-corrected chi connectivity index (χ2v) is 4.02. The van der Waals surface area contributed by atoms with E-state index in [-0.39, 0.29) is 5.95 Å². The van der Waals surface area contributed by atoms with E-state index in [0.29, 0.717) is 12.5 Å². The summed E-state index contributed by atoms with van der Waals surface area (Å²) in [7, 11) is 0. The van der Waals surface area contributed by atoms with Crippen molar-refractivity contribution >= 4 is 22.7 Å². The van der Waals surface area contributed by atoms with Crippen LogP contribution in [0.1, 0.15) is 5.56 Å². The first-order valence-corrected chi connectivity index (χ1v) is 5.64. The van der Waals surface area contributed by atoms with Crippen molar-refractivity contribution in [2.24, 2.45) is 0 Å². The molecular formula is C13H12N5. The summed E-state index contributed by atoms with van der Waals surface area (Å²) < 4.78 is 0. The van der Waals surface area contributed by atoms with Crippen LogP contribution < -0.4 is 11.1 Å². The van der Waals surface area contributed by atoms with Gasteiger partial charge >= 0.3 is 0 Å². The van der Waals surface area contributed by atoms with Crippen LogP contribution in [0.2, 0.25) is 0 Å². The summed E-state index contributed by atoms with van der Waals surface area (Å²) in [5, 5.41) is 13.1. The summed E-state index contributed by atoms with van der Waals surface area (Å²) >= 11 is 0. The molecule has 0 saturated heterocycles. The van der Waals surface area contributed by atoms with Crippen molar-refractivity contribution in [2.75, 3.05) is 5.73 Å². The minimum Gasteiger partial charge on any atom is -0.368 e. The first-order chi connectivity index (χ1) is 8.81. The van der Waals surface area contributed by atoms with Crippen LogP contribution in [0.4, 0.5) is 11.9 Å². The Bertz CT molecular complexity index is 674. The largest absolute Gasteiger partial charge is 0.368 e. The topological polar surface area (TPSA) is 81.7 Å². The Balaban J connectivity index is 1.78. The quantitative estimate of drug-likeness (QED) is 0.732. The second-order valence-electron chi connectivity index (χ2n) is 4.02. The summed E-state index contributed by atoms with van der Waals surface area (Å²) in [5.41, 5.74) is 6.56. The molecule has 1 heterocycles. The Hall–Kier alpha value is -2.56. The highest BCUT2D eigenvalue weighted by Gasteiger charge is 2.02. The number of fused-ring (bicyclic) bond motifs is 1. The van der Waals surface area contributed by atoms with Crippen molar-refractivity contribution in [1.82, 2.24) is 20.5 Å². The Labute approximate surface area is 104 Å². The van der Waals surface area contributed by atoms with E-state index in [1.807, 2.05) is 12.1 Å². The van der Waals surface area contributed by atoms with E-state index in [2.05, 4.69) is 50.8 Å². The molecular weight excluding hydrogens is 226 g/mol. The Kier molecular flexibility index (Phi) is 2.57. The van der Waals surface area contributed by atoms with E-state index in [0.717, 1.165) is 5.56 Å². The van der Waals surface area contributed by atoms with Gasteiger partial charge < -0.3 is 5.73 Å². The summed E-state index contributed by atoms with van der Waals surface area (Å²) in [5.74, 6) is 0.674. The second kappa shape index (κ2) is 4.37. The van der Waals surface area contributed by atoms with Gasteiger partial charge in [-0.05, 0) is 22.4 Å². The lowest BCUT2D eigenvalue weighted by atomic mass is 10.1. The maximum atomic E-state index is 5.43. The van der Waals surface area contributed by atoms with Gasteiger partial charge in [-0.15, -0.1) is 5.10 Å². The number of hydrogen-bond donors (Lipinski definition) is 2. The van der Waals surface area contributed by atoms with Gasteiger partial charge in [0.1, 0.15) is 0 Å². The van der Waals surface area contributed by atoms with E-state index in [1.165, 1.54) is 10.8 Å². The van der Waals surface area contributed by atoms with Gasteiger partial charge in [0.15, 0.2) is 0 Å². The Morgan fingerprint density at radius 3 is 2.72 bits per heavy atom. The molecule has 0 saturated carbocycles. The van der Waals surface area contributed by atoms with Crippen molar-refractivity contribution in [3.8, 4) is 0 Å². The molecule has 0 bridgehead atoms. The SMILES string of the molecule is Nc1nc([N]Cc2ccc3ccccc3c2)n[nH]1. The molecule has 5 nitrogen and oxygen atoms in total. The van der Waals surface area contributed by atoms with E-state index >= 15 is 0 Å². The van der Waals surface area contributed by atoms with Crippen LogP contribution in [0, 0.1) is 0 Å². The fourth-order valence-electron chi connectivity index (χ4n) is 1.83. The number of aromatic amines is 1. The van der Waals surface area contributed by atoms with E-state index < -0.39 is 0 Å². The maximum absolute atomic E-state index is 5.43. The smallest absolute Gasteiger partial charge is 0.265 e. The van der Waals surface area contributed by atoms with Crippen molar-refractivity contribution in [3.05, 3.63) is 48.0 Å². The average molecular weight is 238 g/mol. The fourth-order valence-corrected chi connectivity index (χ4v) is 1.83. The number of nitrogens with two attached hydrogens (primary N) is 1. The number of rotatable bonds is 3. The molecule has 0 aliphatic rings. The van der Waals surface area contributed by atoms with Gasteiger partial charge in [0.05, 0.1) is 6.54 Å². The Morgan fingerprint density at radius 2 is 1.94 bits per heavy atom. The molecule has 1 radical (unpaired) electrons. The first kappa shape index (κ1) is 10.6. The third-order valence-electron chi connectivity index (χ3n) is 2.71. The highest BCUT2D eigenvalue weighted by molar-refractivity contribution is 5.82. The standard InChI is InChI=1S/C13H12N5/c14-12-16-13(18-17-12)15-8-9-5-6-10-3-1-2-4-11(10)7-9/h1-7H,8H2,(H3,14,16,17,18). The fraction of sp³-hybridized carbons (Fsp3) is 0.0769. The van der Waals surface area contributed by atoms with Crippen LogP contribution in [0.5, 0.6) is 0 Å². The number of nitrogens with zero attached hydrogens (tertiary/aromatic N) is 3. The maximum Gasteiger partial charge on any atom is 0.265 e. The number of anilines is 1. The zero-order chi connectivity index (χ0) is 12.4. The van der Waals surface area contributed by atoms with Crippen LogP contribution in [0.3, 0.4) is 0 Å². The highest BCUT2D eigenvalue weighted by Crippen LogP contribution is 2.16. The lowest BCUT2D eigenvalue weighted by Crippen LogP contribution is -1.99. The predicted molar refractivity (Wildman–Crippen MR) is 70.2 cm³/mol. The number of benzene rings is 2. The van der Waals surface area contributed by atoms with Crippen LogP contribution >= 0.6 is 0 Å². The predicted octanol–water partition coefficient (Wildman–Crippen LogP) is 1.98. The third-order valence-corrected chi connectivity index (χ3v) is 2.71. The van der Waals surface area contributed by atoms with Crippen LogP contribution in [0.25, 0.3) is 10.8 Å².